The first-order valence-electron chi connectivity index (χ1n) is 14.8. The van der Waals surface area contributed by atoms with E-state index in [0.717, 1.165) is 28.6 Å². The van der Waals surface area contributed by atoms with Crippen LogP contribution in [0.4, 0.5) is 0 Å². The standard InChI is InChI=1S/C41H24O2/c1-2-13-32-28(11-1)29-21-19-27(24-35(29)41(32)33-14-3-5-16-37(33)43-38-17-6-4-15-34(38)41)26-20-22-36-31(23-26)30-12-7-9-25-10-8-18-39(42-36)40(25)30/h1-24H. The van der Waals surface area contributed by atoms with E-state index in [9.17, 15) is 0 Å². The molecule has 2 aliphatic heterocycles. The third kappa shape index (κ3) is 2.92. The summed E-state index contributed by atoms with van der Waals surface area (Å²) in [5.74, 6) is 3.63. The second-order valence-electron chi connectivity index (χ2n) is 11.6. The van der Waals surface area contributed by atoms with Crippen LogP contribution in [0.3, 0.4) is 0 Å². The van der Waals surface area contributed by atoms with E-state index in [4.69, 9.17) is 9.47 Å². The lowest BCUT2D eigenvalue weighted by Crippen LogP contribution is -2.32. The molecule has 0 saturated heterocycles. The summed E-state index contributed by atoms with van der Waals surface area (Å²) in [6, 6.07) is 52.3. The van der Waals surface area contributed by atoms with Crippen LogP contribution in [0, 0.1) is 0 Å². The summed E-state index contributed by atoms with van der Waals surface area (Å²) < 4.78 is 12.9. The quantitative estimate of drug-likeness (QED) is 0.203. The van der Waals surface area contributed by atoms with Crippen molar-refractivity contribution in [1.82, 2.24) is 0 Å². The van der Waals surface area contributed by atoms with Crippen LogP contribution in [0.15, 0.2) is 146 Å². The molecule has 2 heteroatoms. The fourth-order valence-corrected chi connectivity index (χ4v) is 7.78. The molecule has 0 bridgehead atoms. The van der Waals surface area contributed by atoms with Crippen molar-refractivity contribution in [3.05, 3.63) is 168 Å². The van der Waals surface area contributed by atoms with Crippen LogP contribution >= 0.6 is 0 Å². The predicted molar refractivity (Wildman–Crippen MR) is 172 cm³/mol. The molecule has 0 unspecified atom stereocenters. The van der Waals surface area contributed by atoms with Gasteiger partial charge < -0.3 is 9.47 Å². The number of rotatable bonds is 1. The van der Waals surface area contributed by atoms with E-state index in [0.29, 0.717) is 0 Å². The Kier molecular flexibility index (Phi) is 4.41. The molecule has 0 radical (unpaired) electrons. The molecule has 10 rings (SSSR count). The molecule has 0 aromatic heterocycles. The zero-order chi connectivity index (χ0) is 28.1. The predicted octanol–water partition coefficient (Wildman–Crippen LogP) is 10.7. The minimum atomic E-state index is -0.477. The van der Waals surface area contributed by atoms with Crippen molar-refractivity contribution in [3.8, 4) is 56.4 Å². The van der Waals surface area contributed by atoms with Crippen LogP contribution in [0.25, 0.3) is 44.2 Å². The maximum atomic E-state index is 6.51. The van der Waals surface area contributed by atoms with Gasteiger partial charge in [0, 0.05) is 22.1 Å². The fraction of sp³-hybridized carbons (Fsp3) is 0.0244. The smallest absolute Gasteiger partial charge is 0.135 e. The van der Waals surface area contributed by atoms with Gasteiger partial charge in [0.05, 0.1) is 5.41 Å². The van der Waals surface area contributed by atoms with Gasteiger partial charge in [-0.05, 0) is 80.7 Å². The highest BCUT2D eigenvalue weighted by atomic mass is 16.5. The van der Waals surface area contributed by atoms with Gasteiger partial charge in [-0.3, -0.25) is 0 Å². The Morgan fingerprint density at radius 1 is 0.349 bits per heavy atom. The van der Waals surface area contributed by atoms with E-state index in [2.05, 4.69) is 146 Å². The summed E-state index contributed by atoms with van der Waals surface area (Å²) in [7, 11) is 0. The highest BCUT2D eigenvalue weighted by molar-refractivity contribution is 6.04. The van der Waals surface area contributed by atoms with Crippen molar-refractivity contribution >= 4 is 10.8 Å². The fourth-order valence-electron chi connectivity index (χ4n) is 7.78. The molecule has 2 heterocycles. The van der Waals surface area contributed by atoms with E-state index in [-0.39, 0.29) is 0 Å². The van der Waals surface area contributed by atoms with E-state index in [1.54, 1.807) is 0 Å². The van der Waals surface area contributed by atoms with Gasteiger partial charge in [-0.25, -0.2) is 0 Å². The van der Waals surface area contributed by atoms with Crippen molar-refractivity contribution in [2.75, 3.05) is 0 Å². The van der Waals surface area contributed by atoms with Gasteiger partial charge in [-0.1, -0.05) is 109 Å². The van der Waals surface area contributed by atoms with Crippen LogP contribution in [-0.2, 0) is 5.41 Å². The molecule has 1 spiro atoms. The first kappa shape index (κ1) is 23.0. The Hall–Kier alpha value is -5.60. The number of hydrogen-bond donors (Lipinski definition) is 0. The SMILES string of the molecule is c1ccc2c(c1)Oc1ccccc1C21c2ccccc2-c2ccc(-c3ccc4c(c3)-c3cccc5cccc(c35)O4)cc21. The highest BCUT2D eigenvalue weighted by Gasteiger charge is 2.51. The summed E-state index contributed by atoms with van der Waals surface area (Å²) >= 11 is 0. The van der Waals surface area contributed by atoms with E-state index in [1.165, 1.54) is 60.8 Å². The Morgan fingerprint density at radius 2 is 0.930 bits per heavy atom. The summed E-state index contributed by atoms with van der Waals surface area (Å²) in [5, 5.41) is 2.37. The molecule has 0 N–H and O–H groups in total. The first-order chi connectivity index (χ1) is 21.3. The topological polar surface area (TPSA) is 18.5 Å². The second-order valence-corrected chi connectivity index (χ2v) is 11.6. The second kappa shape index (κ2) is 8.24. The summed E-state index contributed by atoms with van der Waals surface area (Å²) in [6.45, 7) is 0. The van der Waals surface area contributed by atoms with Gasteiger partial charge in [0.1, 0.15) is 23.0 Å². The van der Waals surface area contributed by atoms with Crippen molar-refractivity contribution in [1.29, 1.82) is 0 Å². The third-order valence-corrected chi connectivity index (χ3v) is 9.54. The average Bonchev–Trinajstić information content (AvgIpc) is 3.35. The first-order valence-corrected chi connectivity index (χ1v) is 14.8. The van der Waals surface area contributed by atoms with Gasteiger partial charge in [-0.2, -0.15) is 0 Å². The maximum absolute atomic E-state index is 6.51. The number of benzene rings is 7. The Morgan fingerprint density at radius 3 is 1.74 bits per heavy atom. The number of fused-ring (bicyclic) bond motifs is 11. The van der Waals surface area contributed by atoms with Crippen LogP contribution in [-0.4, -0.2) is 0 Å². The van der Waals surface area contributed by atoms with Crippen molar-refractivity contribution in [2.24, 2.45) is 0 Å². The van der Waals surface area contributed by atoms with Crippen molar-refractivity contribution < 1.29 is 9.47 Å². The molecule has 1 aliphatic carbocycles. The lowest BCUT2D eigenvalue weighted by Gasteiger charge is -2.39. The zero-order valence-electron chi connectivity index (χ0n) is 23.2. The molecule has 0 atom stereocenters. The van der Waals surface area contributed by atoms with E-state index >= 15 is 0 Å². The molecule has 3 aliphatic rings. The molecule has 0 saturated carbocycles. The zero-order valence-corrected chi connectivity index (χ0v) is 23.2. The summed E-state index contributed by atoms with van der Waals surface area (Å²) in [4.78, 5) is 0. The molecule has 0 fully saturated rings. The Bertz CT molecular complexity index is 2260. The molecule has 2 nitrogen and oxygen atoms in total. The molecule has 7 aromatic carbocycles. The van der Waals surface area contributed by atoms with Gasteiger partial charge in [0.15, 0.2) is 0 Å². The van der Waals surface area contributed by atoms with Crippen LogP contribution < -0.4 is 9.47 Å². The molecule has 0 amide bonds. The lowest BCUT2D eigenvalue weighted by atomic mass is 9.66. The average molecular weight is 549 g/mol. The number of ether oxygens (including phenoxy) is 2. The minimum Gasteiger partial charge on any atom is -0.457 e. The number of hydrogen-bond acceptors (Lipinski definition) is 2. The van der Waals surface area contributed by atoms with Gasteiger partial charge >= 0.3 is 0 Å². The third-order valence-electron chi connectivity index (χ3n) is 9.54. The van der Waals surface area contributed by atoms with Crippen LogP contribution in [0.2, 0.25) is 0 Å². The van der Waals surface area contributed by atoms with Gasteiger partial charge in [-0.15, -0.1) is 0 Å². The largest absolute Gasteiger partial charge is 0.457 e. The molecule has 43 heavy (non-hydrogen) atoms. The van der Waals surface area contributed by atoms with Crippen molar-refractivity contribution in [2.45, 2.75) is 5.41 Å². The summed E-state index contributed by atoms with van der Waals surface area (Å²) in [5.41, 5.74) is 11.7. The molecular weight excluding hydrogens is 524 g/mol. The minimum absolute atomic E-state index is 0.477. The van der Waals surface area contributed by atoms with E-state index < -0.39 is 5.41 Å². The normalized spacial score (nSPS) is 14.1. The van der Waals surface area contributed by atoms with Crippen LogP contribution in [0.1, 0.15) is 22.3 Å². The van der Waals surface area contributed by atoms with Gasteiger partial charge in [0.25, 0.3) is 0 Å². The molecule has 7 aromatic rings. The monoisotopic (exact) mass is 548 g/mol. The molecule has 200 valence electrons. The highest BCUT2D eigenvalue weighted by Crippen LogP contribution is 2.62. The maximum Gasteiger partial charge on any atom is 0.135 e. The lowest BCUT2D eigenvalue weighted by molar-refractivity contribution is 0.436. The van der Waals surface area contributed by atoms with Gasteiger partial charge in [0.2, 0.25) is 0 Å². The summed E-state index contributed by atoms with van der Waals surface area (Å²) in [6.07, 6.45) is 0. The van der Waals surface area contributed by atoms with E-state index in [1.807, 2.05) is 0 Å². The molecular formula is C41H24O2. The number of para-hydroxylation sites is 2. The Labute approximate surface area is 249 Å². The van der Waals surface area contributed by atoms with Crippen LogP contribution in [0.5, 0.6) is 23.0 Å². The Balaban J connectivity index is 1.24. The van der Waals surface area contributed by atoms with Crippen molar-refractivity contribution in [3.63, 3.8) is 0 Å².